The summed E-state index contributed by atoms with van der Waals surface area (Å²) in [5.41, 5.74) is 2.34. The number of aryl methyl sites for hydroxylation is 1. The number of anilines is 1. The quantitative estimate of drug-likeness (QED) is 0.663. The van der Waals surface area contributed by atoms with Gasteiger partial charge in [-0.2, -0.15) is 0 Å². The minimum absolute atomic E-state index is 0.158. The van der Waals surface area contributed by atoms with E-state index in [2.05, 4.69) is 10.3 Å². The monoisotopic (exact) mass is 411 g/mol. The van der Waals surface area contributed by atoms with Crippen molar-refractivity contribution in [3.8, 4) is 17.1 Å². The lowest BCUT2D eigenvalue weighted by Crippen LogP contribution is -2.32. The van der Waals surface area contributed by atoms with Gasteiger partial charge in [-0.05, 0) is 49.7 Å². The lowest BCUT2D eigenvalue weighted by Gasteiger charge is -2.16. The number of methoxy groups -OCH3 is 1. The number of hydrogen-bond donors (Lipinski definition) is 1. The van der Waals surface area contributed by atoms with E-state index >= 15 is 0 Å². The third-order valence-electron chi connectivity index (χ3n) is 4.58. The second-order valence-corrected chi connectivity index (χ2v) is 6.97. The number of hydrogen-bond acceptors (Lipinski definition) is 4. The lowest BCUT2D eigenvalue weighted by molar-refractivity contribution is -0.116. The molecule has 0 saturated carbocycles. The molecule has 1 N–H and O–H groups in total. The maximum atomic E-state index is 13.1. The van der Waals surface area contributed by atoms with Gasteiger partial charge in [0, 0.05) is 33.6 Å². The number of aromatic nitrogens is 2. The van der Waals surface area contributed by atoms with Crippen molar-refractivity contribution in [2.45, 2.75) is 26.8 Å². The Hall–Kier alpha value is -3.12. The first-order valence-corrected chi connectivity index (χ1v) is 9.61. The molecule has 2 aromatic carbocycles. The van der Waals surface area contributed by atoms with Crippen LogP contribution in [0.2, 0.25) is 5.02 Å². The number of rotatable bonds is 6. The van der Waals surface area contributed by atoms with Gasteiger partial charge in [0.05, 0.1) is 7.11 Å². The number of nitrogens with zero attached hydrogens (tertiary/aromatic N) is 2. The largest absolute Gasteiger partial charge is 0.497 e. The Morgan fingerprint density at radius 1 is 1.21 bits per heavy atom. The number of carbonyl (C=O) groups excluding carboxylic acids is 1. The molecule has 0 aliphatic heterocycles. The van der Waals surface area contributed by atoms with Crippen molar-refractivity contribution >= 4 is 23.2 Å². The fourth-order valence-electron chi connectivity index (χ4n) is 3.12. The van der Waals surface area contributed by atoms with Crippen LogP contribution in [0.1, 0.15) is 18.2 Å². The summed E-state index contributed by atoms with van der Waals surface area (Å²) >= 11 is 5.99. The van der Waals surface area contributed by atoms with Crippen LogP contribution in [-0.2, 0) is 17.8 Å². The third-order valence-corrected chi connectivity index (χ3v) is 4.83. The van der Waals surface area contributed by atoms with E-state index in [0.717, 1.165) is 0 Å². The van der Waals surface area contributed by atoms with Gasteiger partial charge in [-0.25, -0.2) is 4.98 Å². The maximum absolute atomic E-state index is 13.1. The number of carbonyl (C=O) groups is 1. The molecule has 3 aromatic rings. The molecule has 1 amide bonds. The van der Waals surface area contributed by atoms with Gasteiger partial charge in [0.2, 0.25) is 5.91 Å². The highest BCUT2D eigenvalue weighted by atomic mass is 35.5. The van der Waals surface area contributed by atoms with Crippen LogP contribution in [0.3, 0.4) is 0 Å². The summed E-state index contributed by atoms with van der Waals surface area (Å²) in [6, 6.07) is 14.1. The number of amides is 1. The van der Waals surface area contributed by atoms with Crippen molar-refractivity contribution in [3.05, 3.63) is 75.2 Å². The summed E-state index contributed by atoms with van der Waals surface area (Å²) in [5.74, 6) is 0.734. The summed E-state index contributed by atoms with van der Waals surface area (Å²) in [4.78, 5) is 30.4. The molecule has 0 fully saturated rings. The number of benzene rings is 2. The van der Waals surface area contributed by atoms with Crippen molar-refractivity contribution in [1.82, 2.24) is 9.55 Å². The van der Waals surface area contributed by atoms with Crippen LogP contribution in [0, 0.1) is 6.92 Å². The SMILES string of the molecule is CCc1c(C)nc(-c2ccc(Cl)cc2)n(CC(=O)Nc2cccc(OC)c2)c1=O. The molecule has 0 atom stereocenters. The fourth-order valence-corrected chi connectivity index (χ4v) is 3.24. The molecule has 3 rings (SSSR count). The molecule has 150 valence electrons. The minimum Gasteiger partial charge on any atom is -0.497 e. The Morgan fingerprint density at radius 3 is 2.59 bits per heavy atom. The van der Waals surface area contributed by atoms with Crippen molar-refractivity contribution < 1.29 is 9.53 Å². The average Bonchev–Trinajstić information content (AvgIpc) is 2.71. The van der Waals surface area contributed by atoms with E-state index in [1.165, 1.54) is 4.57 Å². The van der Waals surface area contributed by atoms with Crippen LogP contribution in [0.25, 0.3) is 11.4 Å². The average molecular weight is 412 g/mol. The Kier molecular flexibility index (Phi) is 6.34. The highest BCUT2D eigenvalue weighted by Gasteiger charge is 2.17. The van der Waals surface area contributed by atoms with Gasteiger partial charge in [0.15, 0.2) is 0 Å². The molecule has 0 radical (unpaired) electrons. The first kappa shape index (κ1) is 20.6. The van der Waals surface area contributed by atoms with Gasteiger partial charge < -0.3 is 10.1 Å². The topological polar surface area (TPSA) is 73.2 Å². The normalized spacial score (nSPS) is 10.6. The lowest BCUT2D eigenvalue weighted by atomic mass is 10.1. The Morgan fingerprint density at radius 2 is 1.93 bits per heavy atom. The number of halogens is 1. The van der Waals surface area contributed by atoms with Gasteiger partial charge in [-0.15, -0.1) is 0 Å². The van der Waals surface area contributed by atoms with Crippen molar-refractivity contribution in [2.24, 2.45) is 0 Å². The molecule has 0 aliphatic rings. The molecule has 1 heterocycles. The molecule has 0 spiro atoms. The molecule has 29 heavy (non-hydrogen) atoms. The molecule has 0 saturated heterocycles. The zero-order valence-electron chi connectivity index (χ0n) is 16.5. The van der Waals surface area contributed by atoms with E-state index in [1.807, 2.05) is 6.92 Å². The van der Waals surface area contributed by atoms with Gasteiger partial charge in [-0.1, -0.05) is 24.6 Å². The maximum Gasteiger partial charge on any atom is 0.257 e. The molecule has 1 aromatic heterocycles. The number of nitrogens with one attached hydrogen (secondary N) is 1. The Labute approximate surface area is 174 Å². The van der Waals surface area contributed by atoms with Gasteiger partial charge in [0.25, 0.3) is 5.56 Å². The van der Waals surface area contributed by atoms with Crippen LogP contribution in [-0.4, -0.2) is 22.6 Å². The zero-order valence-corrected chi connectivity index (χ0v) is 17.3. The van der Waals surface area contributed by atoms with E-state index in [-0.39, 0.29) is 18.0 Å². The van der Waals surface area contributed by atoms with E-state index in [0.29, 0.717) is 45.5 Å². The second-order valence-electron chi connectivity index (χ2n) is 6.53. The molecule has 7 heteroatoms. The van der Waals surface area contributed by atoms with Crippen molar-refractivity contribution in [3.63, 3.8) is 0 Å². The van der Waals surface area contributed by atoms with Crippen LogP contribution in [0.4, 0.5) is 5.69 Å². The van der Waals surface area contributed by atoms with Gasteiger partial charge in [-0.3, -0.25) is 14.2 Å². The molecule has 6 nitrogen and oxygen atoms in total. The summed E-state index contributed by atoms with van der Waals surface area (Å²) in [7, 11) is 1.56. The Bertz CT molecular complexity index is 1090. The highest BCUT2D eigenvalue weighted by molar-refractivity contribution is 6.30. The summed E-state index contributed by atoms with van der Waals surface area (Å²) in [6.45, 7) is 3.54. The molecule has 0 bridgehead atoms. The first-order valence-electron chi connectivity index (χ1n) is 9.23. The van der Waals surface area contributed by atoms with Crippen LogP contribution < -0.4 is 15.6 Å². The standard InChI is InChI=1S/C22H22ClN3O3/c1-4-19-14(2)24-21(15-8-10-16(23)11-9-15)26(22(19)28)13-20(27)25-17-6-5-7-18(12-17)29-3/h5-12H,4,13H2,1-3H3,(H,25,27). The first-order chi connectivity index (χ1) is 13.9. The summed E-state index contributed by atoms with van der Waals surface area (Å²) in [6.07, 6.45) is 0.538. The molecular formula is C22H22ClN3O3. The van der Waals surface area contributed by atoms with Crippen LogP contribution in [0.5, 0.6) is 5.75 Å². The van der Waals surface area contributed by atoms with E-state index in [4.69, 9.17) is 16.3 Å². The van der Waals surface area contributed by atoms with Gasteiger partial charge in [0.1, 0.15) is 18.1 Å². The zero-order chi connectivity index (χ0) is 21.0. The molecule has 0 unspecified atom stereocenters. The van der Waals surface area contributed by atoms with E-state index in [1.54, 1.807) is 62.6 Å². The van der Waals surface area contributed by atoms with Crippen LogP contribution >= 0.6 is 11.6 Å². The van der Waals surface area contributed by atoms with Gasteiger partial charge >= 0.3 is 0 Å². The Balaban J connectivity index is 1.99. The van der Waals surface area contributed by atoms with Crippen LogP contribution in [0.15, 0.2) is 53.3 Å². The summed E-state index contributed by atoms with van der Waals surface area (Å²) in [5, 5.41) is 3.39. The molecular weight excluding hydrogens is 390 g/mol. The predicted octanol–water partition coefficient (Wildman–Crippen LogP) is 4.08. The fraction of sp³-hybridized carbons (Fsp3) is 0.227. The second kappa shape index (κ2) is 8.92. The van der Waals surface area contributed by atoms with E-state index in [9.17, 15) is 9.59 Å². The van der Waals surface area contributed by atoms with Crippen molar-refractivity contribution in [1.29, 1.82) is 0 Å². The third kappa shape index (κ3) is 4.66. The molecule has 0 aliphatic carbocycles. The summed E-state index contributed by atoms with van der Waals surface area (Å²) < 4.78 is 6.58. The smallest absolute Gasteiger partial charge is 0.257 e. The predicted molar refractivity (Wildman–Crippen MR) is 115 cm³/mol. The number of ether oxygens (including phenoxy) is 1. The van der Waals surface area contributed by atoms with Crippen molar-refractivity contribution in [2.75, 3.05) is 12.4 Å². The van der Waals surface area contributed by atoms with E-state index < -0.39 is 0 Å². The minimum atomic E-state index is -0.330. The highest BCUT2D eigenvalue weighted by Crippen LogP contribution is 2.21.